The Morgan fingerprint density at radius 2 is 2.14 bits per heavy atom. The molecule has 0 atom stereocenters. The molecule has 0 unspecified atom stereocenters. The van der Waals surface area contributed by atoms with E-state index in [-0.39, 0.29) is 36.4 Å². The summed E-state index contributed by atoms with van der Waals surface area (Å²) in [5.41, 5.74) is 0. The number of amides is 1. The lowest BCUT2D eigenvalue weighted by Crippen LogP contribution is -2.49. The Balaban J connectivity index is 0.00000420. The van der Waals surface area contributed by atoms with Crippen LogP contribution in [0, 0.1) is 0 Å². The van der Waals surface area contributed by atoms with Gasteiger partial charge in [-0.05, 0) is 37.1 Å². The van der Waals surface area contributed by atoms with Crippen LogP contribution in [0.4, 0.5) is 0 Å². The minimum atomic E-state index is 0. The number of ether oxygens (including phenoxy) is 1. The van der Waals surface area contributed by atoms with Gasteiger partial charge in [-0.3, -0.25) is 4.79 Å². The van der Waals surface area contributed by atoms with Gasteiger partial charge in [0, 0.05) is 64.9 Å². The van der Waals surface area contributed by atoms with E-state index in [4.69, 9.17) is 4.74 Å². The number of hydrogen-bond acceptors (Lipinski definition) is 5. The van der Waals surface area contributed by atoms with Gasteiger partial charge >= 0.3 is 0 Å². The van der Waals surface area contributed by atoms with E-state index in [0.717, 1.165) is 64.4 Å². The van der Waals surface area contributed by atoms with Crippen molar-refractivity contribution in [3.05, 3.63) is 22.4 Å². The third kappa shape index (κ3) is 10.6. The summed E-state index contributed by atoms with van der Waals surface area (Å²) in [5, 5.41) is 9.03. The summed E-state index contributed by atoms with van der Waals surface area (Å²) in [6.07, 6.45) is 4.20. The molecular weight excluding hydrogens is 501 g/mol. The Kier molecular flexibility index (Phi) is 13.5. The van der Waals surface area contributed by atoms with Crippen LogP contribution in [0.3, 0.4) is 0 Å². The van der Waals surface area contributed by atoms with Crippen LogP contribution in [-0.4, -0.2) is 88.2 Å². The van der Waals surface area contributed by atoms with Gasteiger partial charge in [-0.25, -0.2) is 4.99 Å². The number of piperidine rings is 1. The maximum atomic E-state index is 11.9. The van der Waals surface area contributed by atoms with Crippen LogP contribution < -0.4 is 10.6 Å². The molecule has 1 saturated heterocycles. The normalized spacial score (nSPS) is 15.6. The second-order valence-electron chi connectivity index (χ2n) is 7.32. The first-order valence-corrected chi connectivity index (χ1v) is 10.9. The summed E-state index contributed by atoms with van der Waals surface area (Å²) in [6.45, 7) is 5.05. The molecule has 2 heterocycles. The third-order valence-corrected chi connectivity index (χ3v) is 5.80. The highest BCUT2D eigenvalue weighted by Crippen LogP contribution is 2.11. The molecule has 2 N–H and O–H groups in total. The number of carbonyl (C=O) groups excluding carboxylic acids is 1. The molecule has 29 heavy (non-hydrogen) atoms. The van der Waals surface area contributed by atoms with Gasteiger partial charge in [0.15, 0.2) is 5.96 Å². The molecule has 1 amide bonds. The number of guanidine groups is 1. The van der Waals surface area contributed by atoms with Crippen LogP contribution in [0.15, 0.2) is 22.5 Å². The first kappa shape index (κ1) is 26.1. The largest absolute Gasteiger partial charge is 0.385 e. The SMILES string of the molecule is COCCCN1CCC(NC(=NCC(=O)N(C)C)NCCc2cccs2)CC1.I. The van der Waals surface area contributed by atoms with Crippen LogP contribution >= 0.6 is 35.3 Å². The molecule has 1 aromatic heterocycles. The van der Waals surface area contributed by atoms with Crippen molar-refractivity contribution in [1.82, 2.24) is 20.4 Å². The monoisotopic (exact) mass is 537 g/mol. The fraction of sp³-hybridized carbons (Fsp3) is 0.700. The van der Waals surface area contributed by atoms with Gasteiger partial charge in [0.05, 0.1) is 0 Å². The van der Waals surface area contributed by atoms with Crippen molar-refractivity contribution >= 4 is 47.2 Å². The predicted molar refractivity (Wildman–Crippen MR) is 132 cm³/mol. The number of aliphatic imine (C=N–C) groups is 1. The zero-order valence-electron chi connectivity index (χ0n) is 17.9. The van der Waals surface area contributed by atoms with Gasteiger partial charge in [-0.15, -0.1) is 35.3 Å². The van der Waals surface area contributed by atoms with E-state index in [1.807, 2.05) is 0 Å². The summed E-state index contributed by atoms with van der Waals surface area (Å²) < 4.78 is 5.14. The summed E-state index contributed by atoms with van der Waals surface area (Å²) in [4.78, 5) is 21.8. The Hall–Kier alpha value is -0.910. The second-order valence-corrected chi connectivity index (χ2v) is 8.35. The molecule has 166 valence electrons. The number of halogens is 1. The standard InChI is InChI=1S/C20H35N5O2S.HI/c1-24(2)19(26)16-22-20(21-10-7-18-6-4-15-28-18)23-17-8-12-25(13-9-17)11-5-14-27-3;/h4,6,15,17H,5,7-14,16H2,1-3H3,(H2,21,22,23);1H. The van der Waals surface area contributed by atoms with Gasteiger partial charge in [0.1, 0.15) is 6.54 Å². The maximum Gasteiger partial charge on any atom is 0.243 e. The van der Waals surface area contributed by atoms with Crippen molar-refractivity contribution in [3.63, 3.8) is 0 Å². The van der Waals surface area contributed by atoms with Crippen LogP contribution in [0.25, 0.3) is 0 Å². The van der Waals surface area contributed by atoms with Crippen molar-refractivity contribution in [2.45, 2.75) is 31.7 Å². The van der Waals surface area contributed by atoms with E-state index >= 15 is 0 Å². The molecule has 1 aromatic rings. The molecule has 0 radical (unpaired) electrons. The number of methoxy groups -OCH3 is 1. The van der Waals surface area contributed by atoms with Crippen LogP contribution in [0.2, 0.25) is 0 Å². The van der Waals surface area contributed by atoms with Gasteiger partial charge < -0.3 is 25.2 Å². The highest BCUT2D eigenvalue weighted by molar-refractivity contribution is 14.0. The van der Waals surface area contributed by atoms with E-state index in [0.29, 0.717) is 6.04 Å². The fourth-order valence-corrected chi connectivity index (χ4v) is 3.84. The number of likely N-dealkylation sites (N-methyl/N-ethyl adjacent to an activating group) is 1. The Morgan fingerprint density at radius 3 is 2.76 bits per heavy atom. The molecule has 1 fully saturated rings. The van der Waals surface area contributed by atoms with Crippen LogP contribution in [0.1, 0.15) is 24.1 Å². The van der Waals surface area contributed by atoms with E-state index < -0.39 is 0 Å². The predicted octanol–water partition coefficient (Wildman–Crippen LogP) is 2.03. The number of nitrogens with one attached hydrogen (secondary N) is 2. The van der Waals surface area contributed by atoms with E-state index in [9.17, 15) is 4.79 Å². The third-order valence-electron chi connectivity index (χ3n) is 4.87. The number of thiophene rings is 1. The number of hydrogen-bond donors (Lipinski definition) is 2. The van der Waals surface area contributed by atoms with Crippen LogP contribution in [-0.2, 0) is 16.0 Å². The lowest BCUT2D eigenvalue weighted by atomic mass is 10.1. The Bertz CT molecular complexity index is 590. The molecule has 1 aliphatic rings. The topological polar surface area (TPSA) is 69.2 Å². The quantitative estimate of drug-likeness (QED) is 0.207. The molecule has 0 saturated carbocycles. The van der Waals surface area contributed by atoms with Crippen molar-refractivity contribution in [2.24, 2.45) is 4.99 Å². The molecule has 0 bridgehead atoms. The van der Waals surface area contributed by atoms with Gasteiger partial charge in [-0.2, -0.15) is 0 Å². The molecule has 0 aromatic carbocycles. The van der Waals surface area contributed by atoms with Crippen molar-refractivity contribution in [2.75, 3.05) is 60.5 Å². The fourth-order valence-electron chi connectivity index (χ4n) is 3.13. The minimum absolute atomic E-state index is 0. The molecule has 2 rings (SSSR count). The zero-order chi connectivity index (χ0) is 20.2. The molecule has 1 aliphatic heterocycles. The highest BCUT2D eigenvalue weighted by Gasteiger charge is 2.20. The van der Waals surface area contributed by atoms with Gasteiger partial charge in [-0.1, -0.05) is 6.07 Å². The lowest BCUT2D eigenvalue weighted by Gasteiger charge is -2.33. The first-order valence-electron chi connectivity index (χ1n) is 10.1. The molecule has 0 aliphatic carbocycles. The summed E-state index contributed by atoms with van der Waals surface area (Å²) in [7, 11) is 5.27. The van der Waals surface area contributed by atoms with E-state index in [1.165, 1.54) is 4.88 Å². The van der Waals surface area contributed by atoms with Crippen molar-refractivity contribution in [1.29, 1.82) is 0 Å². The number of rotatable bonds is 10. The van der Waals surface area contributed by atoms with E-state index in [1.54, 1.807) is 37.4 Å². The summed E-state index contributed by atoms with van der Waals surface area (Å²) in [5.74, 6) is 0.747. The van der Waals surface area contributed by atoms with Crippen molar-refractivity contribution in [3.8, 4) is 0 Å². The molecule has 9 heteroatoms. The number of likely N-dealkylation sites (tertiary alicyclic amines) is 1. The summed E-state index contributed by atoms with van der Waals surface area (Å²) in [6, 6.07) is 4.61. The molecule has 0 spiro atoms. The average Bonchev–Trinajstić information content (AvgIpc) is 3.20. The number of nitrogens with zero attached hydrogens (tertiary/aromatic N) is 3. The second kappa shape index (κ2) is 15.0. The maximum absolute atomic E-state index is 11.9. The van der Waals surface area contributed by atoms with Gasteiger partial charge in [0.25, 0.3) is 0 Å². The Labute approximate surface area is 196 Å². The minimum Gasteiger partial charge on any atom is -0.385 e. The smallest absolute Gasteiger partial charge is 0.243 e. The average molecular weight is 538 g/mol. The molecular formula is C20H36IN5O2S. The summed E-state index contributed by atoms with van der Waals surface area (Å²) >= 11 is 1.77. The molecule has 7 nitrogen and oxygen atoms in total. The van der Waals surface area contributed by atoms with E-state index in [2.05, 4.69) is 38.0 Å². The van der Waals surface area contributed by atoms with Crippen molar-refractivity contribution < 1.29 is 9.53 Å². The number of carbonyl (C=O) groups is 1. The zero-order valence-corrected chi connectivity index (χ0v) is 21.0. The highest BCUT2D eigenvalue weighted by atomic mass is 127. The first-order chi connectivity index (χ1) is 13.6. The lowest BCUT2D eigenvalue weighted by molar-refractivity contribution is -0.127. The van der Waals surface area contributed by atoms with Gasteiger partial charge in [0.2, 0.25) is 5.91 Å². The Morgan fingerprint density at radius 1 is 1.38 bits per heavy atom. The van der Waals surface area contributed by atoms with Crippen LogP contribution in [0.5, 0.6) is 0 Å².